The highest BCUT2D eigenvalue weighted by Gasteiger charge is 2.20. The molecule has 1 amide bonds. The summed E-state index contributed by atoms with van der Waals surface area (Å²) in [6.45, 7) is -0.686. The summed E-state index contributed by atoms with van der Waals surface area (Å²) in [5.41, 5.74) is -0.188. The number of carbonyl (C=O) groups is 1. The first kappa shape index (κ1) is 22.0. The Bertz CT molecular complexity index is 1230. The largest absolute Gasteiger partial charge is 0.394 e. The number of amides is 1. The fourth-order valence-electron chi connectivity index (χ4n) is 2.54. The van der Waals surface area contributed by atoms with E-state index in [0.717, 1.165) is 20.2 Å². The van der Waals surface area contributed by atoms with Crippen LogP contribution in [0.1, 0.15) is 10.4 Å². The molecular weight excluding hydrogens is 434 g/mol. The number of anilines is 1. The second-order valence-electron chi connectivity index (χ2n) is 6.49. The number of nitrogens with one attached hydrogen (secondary N) is 1. The van der Waals surface area contributed by atoms with E-state index >= 15 is 0 Å². The van der Waals surface area contributed by atoms with Crippen molar-refractivity contribution in [3.63, 3.8) is 0 Å². The van der Waals surface area contributed by atoms with E-state index in [1.165, 1.54) is 44.1 Å². The molecule has 160 valence electrons. The Kier molecular flexibility index (Phi) is 6.28. The zero-order valence-corrected chi connectivity index (χ0v) is 17.6. The van der Waals surface area contributed by atoms with Gasteiger partial charge in [0, 0.05) is 19.5 Å². The lowest BCUT2D eigenvalue weighted by molar-refractivity contribution is 0.0803. The maximum atomic E-state index is 12.7. The number of sulfonamides is 1. The van der Waals surface area contributed by atoms with Crippen LogP contribution in [0.5, 0.6) is 0 Å². The van der Waals surface area contributed by atoms with Crippen LogP contribution in [0.4, 0.5) is 5.69 Å². The molecule has 0 bridgehead atoms. The molecular formula is C17H19N5O6S2. The van der Waals surface area contributed by atoms with Gasteiger partial charge in [0.1, 0.15) is 4.83 Å². The number of pyridine rings is 1. The molecule has 0 radical (unpaired) electrons. The van der Waals surface area contributed by atoms with E-state index in [9.17, 15) is 23.1 Å². The second-order valence-corrected chi connectivity index (χ2v) is 9.45. The predicted molar refractivity (Wildman–Crippen MR) is 110 cm³/mol. The van der Waals surface area contributed by atoms with Gasteiger partial charge in [0.15, 0.2) is 5.03 Å². The Balaban J connectivity index is 1.89. The van der Waals surface area contributed by atoms with Crippen LogP contribution in [0.3, 0.4) is 0 Å². The fourth-order valence-corrected chi connectivity index (χ4v) is 4.22. The van der Waals surface area contributed by atoms with E-state index in [2.05, 4.69) is 15.3 Å². The quantitative estimate of drug-likeness (QED) is 0.441. The summed E-state index contributed by atoms with van der Waals surface area (Å²) in [6, 6.07) is 2.66. The lowest BCUT2D eigenvalue weighted by Gasteiger charge is -2.11. The van der Waals surface area contributed by atoms with Crippen molar-refractivity contribution in [1.29, 1.82) is 0 Å². The number of rotatable bonds is 7. The number of carbonyl (C=O) groups excluding carboxylic acids is 1. The Morgan fingerprint density at radius 1 is 1.33 bits per heavy atom. The van der Waals surface area contributed by atoms with Crippen LogP contribution in [0.25, 0.3) is 10.2 Å². The maximum Gasteiger partial charge on any atom is 0.262 e. The molecule has 3 rings (SSSR count). The van der Waals surface area contributed by atoms with Gasteiger partial charge in [-0.25, -0.2) is 22.7 Å². The number of fused-ring (bicyclic) bond motifs is 1. The number of nitrogens with zero attached hydrogens (tertiary/aromatic N) is 4. The minimum atomic E-state index is -3.70. The average Bonchev–Trinajstić information content (AvgIpc) is 3.15. The molecule has 0 aromatic carbocycles. The molecule has 30 heavy (non-hydrogen) atoms. The van der Waals surface area contributed by atoms with Crippen molar-refractivity contribution in [3.8, 4) is 0 Å². The molecule has 3 aromatic heterocycles. The predicted octanol–water partition coefficient (Wildman–Crippen LogP) is -0.291. The third kappa shape index (κ3) is 4.24. The minimum Gasteiger partial charge on any atom is -0.394 e. The SMILES string of the molecule is CN(C)S(=O)(=O)c1ccc(NC(=O)c2csc3ncn(CC(O)CO)c(=O)c23)cn1. The molecule has 1 atom stereocenters. The fraction of sp³-hybridized carbons (Fsp3) is 0.294. The van der Waals surface area contributed by atoms with Gasteiger partial charge in [0.05, 0.1) is 48.4 Å². The Labute approximate surface area is 175 Å². The monoisotopic (exact) mass is 453 g/mol. The molecule has 0 fully saturated rings. The second kappa shape index (κ2) is 8.57. The van der Waals surface area contributed by atoms with Crippen LogP contribution < -0.4 is 10.9 Å². The normalized spacial score (nSPS) is 13.0. The van der Waals surface area contributed by atoms with E-state index in [-0.39, 0.29) is 28.2 Å². The van der Waals surface area contributed by atoms with Crippen LogP contribution in [-0.4, -0.2) is 70.2 Å². The van der Waals surface area contributed by atoms with Crippen molar-refractivity contribution in [2.45, 2.75) is 17.7 Å². The Morgan fingerprint density at radius 3 is 2.67 bits per heavy atom. The van der Waals surface area contributed by atoms with Crippen LogP contribution in [-0.2, 0) is 16.6 Å². The molecule has 1 unspecified atom stereocenters. The van der Waals surface area contributed by atoms with E-state index in [0.29, 0.717) is 4.83 Å². The first-order valence-corrected chi connectivity index (χ1v) is 10.9. The van der Waals surface area contributed by atoms with Gasteiger partial charge < -0.3 is 15.5 Å². The number of hydrogen-bond donors (Lipinski definition) is 3. The smallest absolute Gasteiger partial charge is 0.262 e. The highest BCUT2D eigenvalue weighted by molar-refractivity contribution is 7.89. The van der Waals surface area contributed by atoms with Crippen LogP contribution in [0.15, 0.2) is 39.9 Å². The van der Waals surface area contributed by atoms with Crippen molar-refractivity contribution in [2.24, 2.45) is 0 Å². The first-order chi connectivity index (χ1) is 14.1. The van der Waals surface area contributed by atoms with Crippen molar-refractivity contribution < 1.29 is 23.4 Å². The van der Waals surface area contributed by atoms with Crippen molar-refractivity contribution >= 4 is 43.2 Å². The number of thiophene rings is 1. The third-order valence-corrected chi connectivity index (χ3v) is 6.78. The van der Waals surface area contributed by atoms with E-state index in [1.807, 2.05) is 0 Å². The van der Waals surface area contributed by atoms with Gasteiger partial charge in [-0.15, -0.1) is 11.3 Å². The molecule has 0 saturated heterocycles. The molecule has 3 heterocycles. The molecule has 0 saturated carbocycles. The highest BCUT2D eigenvalue weighted by Crippen LogP contribution is 2.22. The van der Waals surface area contributed by atoms with Crippen molar-refractivity contribution in [2.75, 3.05) is 26.0 Å². The molecule has 3 aromatic rings. The van der Waals surface area contributed by atoms with Gasteiger partial charge >= 0.3 is 0 Å². The van der Waals surface area contributed by atoms with Gasteiger partial charge in [0.25, 0.3) is 21.5 Å². The summed E-state index contributed by atoms with van der Waals surface area (Å²) in [5.74, 6) is -0.592. The number of aromatic nitrogens is 3. The van der Waals surface area contributed by atoms with Crippen LogP contribution in [0.2, 0.25) is 0 Å². The van der Waals surface area contributed by atoms with E-state index in [1.54, 1.807) is 0 Å². The van der Waals surface area contributed by atoms with Gasteiger partial charge in [-0.2, -0.15) is 0 Å². The number of hydrogen-bond acceptors (Lipinski definition) is 9. The summed E-state index contributed by atoms with van der Waals surface area (Å²) in [6.07, 6.45) is 1.31. The highest BCUT2D eigenvalue weighted by atomic mass is 32.2. The average molecular weight is 454 g/mol. The topological polar surface area (TPSA) is 155 Å². The maximum absolute atomic E-state index is 12.7. The van der Waals surface area contributed by atoms with Gasteiger partial charge in [0.2, 0.25) is 0 Å². The molecule has 0 aliphatic rings. The third-order valence-electron chi connectivity index (χ3n) is 4.16. The van der Waals surface area contributed by atoms with Crippen LogP contribution >= 0.6 is 11.3 Å². The summed E-state index contributed by atoms with van der Waals surface area (Å²) in [4.78, 5) is 33.8. The minimum absolute atomic E-state index is 0.0879. The molecule has 11 nitrogen and oxygen atoms in total. The summed E-state index contributed by atoms with van der Waals surface area (Å²) < 4.78 is 26.3. The summed E-state index contributed by atoms with van der Waals surface area (Å²) >= 11 is 1.11. The van der Waals surface area contributed by atoms with Gasteiger partial charge in [-0.3, -0.25) is 14.2 Å². The molecule has 0 aliphatic carbocycles. The zero-order valence-electron chi connectivity index (χ0n) is 16.0. The number of aliphatic hydroxyl groups is 2. The Morgan fingerprint density at radius 2 is 2.07 bits per heavy atom. The van der Waals surface area contributed by atoms with Crippen LogP contribution in [0, 0.1) is 0 Å². The summed E-state index contributed by atoms with van der Waals surface area (Å²) in [5, 5.41) is 22.5. The van der Waals surface area contributed by atoms with E-state index in [4.69, 9.17) is 5.11 Å². The number of aliphatic hydroxyl groups excluding tert-OH is 2. The molecule has 3 N–H and O–H groups in total. The molecule has 13 heteroatoms. The zero-order chi connectivity index (χ0) is 22.1. The summed E-state index contributed by atoms with van der Waals surface area (Å²) in [7, 11) is -0.929. The first-order valence-electron chi connectivity index (χ1n) is 8.60. The molecule has 0 aliphatic heterocycles. The van der Waals surface area contributed by atoms with E-state index < -0.39 is 34.2 Å². The Hall–Kier alpha value is -2.71. The lowest BCUT2D eigenvalue weighted by Crippen LogP contribution is -2.29. The van der Waals surface area contributed by atoms with Gasteiger partial charge in [-0.05, 0) is 12.1 Å². The standard InChI is InChI=1S/C17H19N5O6S2/c1-21(2)30(27,28)13-4-3-10(5-18-13)20-15(25)12-8-29-16-14(12)17(26)22(9-19-16)6-11(24)7-23/h3-5,8-9,11,23-24H,6-7H2,1-2H3,(H,20,25). The molecule has 0 spiro atoms. The van der Waals surface area contributed by atoms with Crippen molar-refractivity contribution in [3.05, 3.63) is 46.0 Å². The van der Waals surface area contributed by atoms with Gasteiger partial charge in [-0.1, -0.05) is 0 Å². The van der Waals surface area contributed by atoms with Crippen molar-refractivity contribution in [1.82, 2.24) is 18.8 Å². The lowest BCUT2D eigenvalue weighted by atomic mass is 10.2.